The number of aryl methyl sites for hydroxylation is 2. The summed E-state index contributed by atoms with van der Waals surface area (Å²) < 4.78 is 34.6. The highest BCUT2D eigenvalue weighted by atomic mass is 32.1. The van der Waals surface area contributed by atoms with E-state index in [2.05, 4.69) is 25.2 Å². The van der Waals surface area contributed by atoms with Crippen LogP contribution in [0.2, 0.25) is 0 Å². The summed E-state index contributed by atoms with van der Waals surface area (Å²) in [6.07, 6.45) is 4.80. The van der Waals surface area contributed by atoms with Gasteiger partial charge in [-0.25, -0.2) is 9.97 Å². The van der Waals surface area contributed by atoms with E-state index >= 15 is 0 Å². The number of hydrazone groups is 1. The summed E-state index contributed by atoms with van der Waals surface area (Å²) in [5.74, 6) is 0.870. The SMILES string of the molecule is COc1cc(/C(C)=N\Nc2ncnc3sc4c(c23)CCC4)ccc1OC(F)F. The third-order valence-electron chi connectivity index (χ3n) is 4.63. The van der Waals surface area contributed by atoms with E-state index in [1.54, 1.807) is 23.5 Å². The van der Waals surface area contributed by atoms with Crippen LogP contribution >= 0.6 is 11.3 Å². The first-order valence-electron chi connectivity index (χ1n) is 8.75. The van der Waals surface area contributed by atoms with Gasteiger partial charge in [0.05, 0.1) is 18.2 Å². The molecule has 0 unspecified atom stereocenters. The number of anilines is 1. The topological polar surface area (TPSA) is 68.6 Å². The first kappa shape index (κ1) is 18.5. The molecular formula is C19H18F2N4O2S. The molecule has 1 aliphatic carbocycles. The van der Waals surface area contributed by atoms with Crippen LogP contribution in [0.5, 0.6) is 11.5 Å². The average Bonchev–Trinajstić information content (AvgIpc) is 3.27. The van der Waals surface area contributed by atoms with Crippen molar-refractivity contribution in [1.82, 2.24) is 9.97 Å². The lowest BCUT2D eigenvalue weighted by atomic mass is 10.1. The molecule has 0 radical (unpaired) electrons. The zero-order valence-corrected chi connectivity index (χ0v) is 16.1. The number of alkyl halides is 2. The number of aromatic nitrogens is 2. The highest BCUT2D eigenvalue weighted by molar-refractivity contribution is 7.19. The lowest BCUT2D eigenvalue weighted by Gasteiger charge is -2.11. The molecule has 0 fully saturated rings. The van der Waals surface area contributed by atoms with Crippen molar-refractivity contribution in [3.63, 3.8) is 0 Å². The molecule has 6 nitrogen and oxygen atoms in total. The fourth-order valence-electron chi connectivity index (χ4n) is 3.30. The molecule has 9 heteroatoms. The van der Waals surface area contributed by atoms with E-state index in [0.717, 1.165) is 29.5 Å². The van der Waals surface area contributed by atoms with Gasteiger partial charge < -0.3 is 9.47 Å². The zero-order valence-electron chi connectivity index (χ0n) is 15.3. The molecule has 146 valence electrons. The Morgan fingerprint density at radius 2 is 2.11 bits per heavy atom. The van der Waals surface area contributed by atoms with Crippen LogP contribution < -0.4 is 14.9 Å². The van der Waals surface area contributed by atoms with Crippen molar-refractivity contribution in [1.29, 1.82) is 0 Å². The summed E-state index contributed by atoms with van der Waals surface area (Å²) in [6, 6.07) is 4.70. The Morgan fingerprint density at radius 1 is 1.25 bits per heavy atom. The van der Waals surface area contributed by atoms with Crippen molar-refractivity contribution in [2.75, 3.05) is 12.5 Å². The van der Waals surface area contributed by atoms with Gasteiger partial charge in [0.15, 0.2) is 17.3 Å². The number of nitrogens with zero attached hydrogens (tertiary/aromatic N) is 3. The molecule has 4 rings (SSSR count). The van der Waals surface area contributed by atoms with Gasteiger partial charge in [-0.2, -0.15) is 13.9 Å². The van der Waals surface area contributed by atoms with Gasteiger partial charge in [-0.1, -0.05) is 0 Å². The average molecular weight is 404 g/mol. The molecule has 0 bridgehead atoms. The number of ether oxygens (including phenoxy) is 2. The maximum Gasteiger partial charge on any atom is 0.387 e. The third-order valence-corrected chi connectivity index (χ3v) is 5.83. The summed E-state index contributed by atoms with van der Waals surface area (Å²) in [4.78, 5) is 11.1. The Balaban J connectivity index is 1.61. The van der Waals surface area contributed by atoms with Crippen LogP contribution in [-0.4, -0.2) is 29.4 Å². The molecule has 0 atom stereocenters. The number of thiophene rings is 1. The second kappa shape index (κ2) is 7.67. The van der Waals surface area contributed by atoms with E-state index < -0.39 is 6.61 Å². The molecule has 3 aromatic rings. The molecule has 0 saturated heterocycles. The van der Waals surface area contributed by atoms with E-state index in [1.165, 1.54) is 29.9 Å². The van der Waals surface area contributed by atoms with Crippen LogP contribution in [0.3, 0.4) is 0 Å². The van der Waals surface area contributed by atoms with E-state index in [1.807, 2.05) is 6.92 Å². The summed E-state index contributed by atoms with van der Waals surface area (Å²) in [6.45, 7) is -1.10. The number of methoxy groups -OCH3 is 1. The number of hydrogen-bond donors (Lipinski definition) is 1. The minimum atomic E-state index is -2.91. The molecule has 28 heavy (non-hydrogen) atoms. The lowest BCUT2D eigenvalue weighted by molar-refractivity contribution is -0.0512. The van der Waals surface area contributed by atoms with Crippen molar-refractivity contribution < 1.29 is 18.3 Å². The lowest BCUT2D eigenvalue weighted by Crippen LogP contribution is -2.05. The van der Waals surface area contributed by atoms with Crippen LogP contribution in [0, 0.1) is 0 Å². The summed E-state index contributed by atoms with van der Waals surface area (Å²) >= 11 is 1.71. The smallest absolute Gasteiger partial charge is 0.387 e. The molecule has 0 saturated carbocycles. The highest BCUT2D eigenvalue weighted by Crippen LogP contribution is 2.39. The minimum Gasteiger partial charge on any atom is -0.493 e. The van der Waals surface area contributed by atoms with Crippen LogP contribution in [0.4, 0.5) is 14.6 Å². The number of benzene rings is 1. The molecule has 0 spiro atoms. The molecule has 0 aliphatic heterocycles. The molecule has 2 aromatic heterocycles. The number of hydrogen-bond acceptors (Lipinski definition) is 7. The predicted octanol–water partition coefficient (Wildman–Crippen LogP) is 4.63. The van der Waals surface area contributed by atoms with Gasteiger partial charge in [-0.3, -0.25) is 5.43 Å². The largest absolute Gasteiger partial charge is 0.493 e. The van der Waals surface area contributed by atoms with Gasteiger partial charge in [0.25, 0.3) is 0 Å². The van der Waals surface area contributed by atoms with Crippen LogP contribution in [0.25, 0.3) is 10.2 Å². The van der Waals surface area contributed by atoms with E-state index in [4.69, 9.17) is 4.74 Å². The molecule has 1 N–H and O–H groups in total. The van der Waals surface area contributed by atoms with Gasteiger partial charge in [-0.15, -0.1) is 11.3 Å². The van der Waals surface area contributed by atoms with Gasteiger partial charge in [0, 0.05) is 10.4 Å². The summed E-state index contributed by atoms with van der Waals surface area (Å²) in [5.41, 5.74) is 5.72. The van der Waals surface area contributed by atoms with Crippen molar-refractivity contribution in [3.05, 3.63) is 40.5 Å². The molecule has 1 aliphatic rings. The number of fused-ring (bicyclic) bond motifs is 3. The summed E-state index contributed by atoms with van der Waals surface area (Å²) in [5, 5.41) is 5.46. The van der Waals surface area contributed by atoms with Crippen molar-refractivity contribution >= 4 is 33.1 Å². The number of rotatable bonds is 6. The Hall–Kier alpha value is -2.81. The maximum atomic E-state index is 12.5. The number of halogens is 2. The van der Waals surface area contributed by atoms with E-state index in [0.29, 0.717) is 17.1 Å². The fraction of sp³-hybridized carbons (Fsp3) is 0.316. The second-order valence-corrected chi connectivity index (χ2v) is 7.40. The molecule has 2 heterocycles. The first-order valence-corrected chi connectivity index (χ1v) is 9.57. The van der Waals surface area contributed by atoms with Gasteiger partial charge in [0.2, 0.25) is 0 Å². The van der Waals surface area contributed by atoms with Crippen LogP contribution in [0.15, 0.2) is 29.6 Å². The molecule has 1 aromatic carbocycles. The third kappa shape index (κ3) is 3.49. The van der Waals surface area contributed by atoms with E-state index in [9.17, 15) is 8.78 Å². The standard InChI is InChI=1S/C19H18F2N4O2S/c1-10(11-6-7-13(27-19(20)21)14(8-11)26-2)24-25-17-16-12-4-3-5-15(12)28-18(16)23-9-22-17/h6-9,19H,3-5H2,1-2H3,(H,22,23,25)/b24-10-. The summed E-state index contributed by atoms with van der Waals surface area (Å²) in [7, 11) is 1.40. The minimum absolute atomic E-state index is 0.0200. The van der Waals surface area contributed by atoms with E-state index in [-0.39, 0.29) is 11.5 Å². The Kier molecular flexibility index (Phi) is 5.08. The quantitative estimate of drug-likeness (QED) is 0.479. The van der Waals surface area contributed by atoms with Crippen molar-refractivity contribution in [3.8, 4) is 11.5 Å². The van der Waals surface area contributed by atoms with Crippen molar-refractivity contribution in [2.24, 2.45) is 5.10 Å². The normalized spacial score (nSPS) is 13.8. The first-order chi connectivity index (χ1) is 13.6. The van der Waals surface area contributed by atoms with Crippen molar-refractivity contribution in [2.45, 2.75) is 32.8 Å². The fourth-order valence-corrected chi connectivity index (χ4v) is 4.53. The van der Waals surface area contributed by atoms with Gasteiger partial charge in [-0.05, 0) is 49.9 Å². The second-order valence-electron chi connectivity index (χ2n) is 6.31. The maximum absolute atomic E-state index is 12.5. The molecular weight excluding hydrogens is 386 g/mol. The van der Waals surface area contributed by atoms with Crippen LogP contribution in [-0.2, 0) is 12.8 Å². The van der Waals surface area contributed by atoms with Gasteiger partial charge in [0.1, 0.15) is 11.2 Å². The van der Waals surface area contributed by atoms with Gasteiger partial charge >= 0.3 is 6.61 Å². The zero-order chi connectivity index (χ0) is 19.7. The monoisotopic (exact) mass is 404 g/mol. The number of nitrogens with one attached hydrogen (secondary N) is 1. The Morgan fingerprint density at radius 3 is 2.89 bits per heavy atom. The highest BCUT2D eigenvalue weighted by Gasteiger charge is 2.21. The Labute approximate surface area is 164 Å². The predicted molar refractivity (Wildman–Crippen MR) is 105 cm³/mol. The van der Waals surface area contributed by atoms with Crippen LogP contribution in [0.1, 0.15) is 29.3 Å². The Bertz CT molecular complexity index is 1050. The molecule has 0 amide bonds.